The Hall–Kier alpha value is -15.3. The van der Waals surface area contributed by atoms with E-state index in [-0.39, 0.29) is 47.1 Å². The van der Waals surface area contributed by atoms with Crippen molar-refractivity contribution < 1.29 is 91.5 Å². The van der Waals surface area contributed by atoms with Gasteiger partial charge in [0.2, 0.25) is 11.3 Å². The van der Waals surface area contributed by atoms with Crippen LogP contribution in [-0.4, -0.2) is 66.6 Å². The molecule has 12 nitrogen and oxygen atoms in total. The highest BCUT2D eigenvalue weighted by Gasteiger charge is 2.49. The lowest BCUT2D eigenvalue weighted by molar-refractivity contribution is -0.644. The number of aryl methyl sites for hydroxylation is 1. The first kappa shape index (κ1) is 90.0. The molecule has 654 valence electrons. The van der Waals surface area contributed by atoms with Crippen molar-refractivity contribution in [2.45, 2.75) is 5.51 Å². The predicted octanol–water partition coefficient (Wildman–Crippen LogP) is 25.4. The molecule has 0 atom stereocenters. The van der Waals surface area contributed by atoms with Crippen LogP contribution >= 0.6 is 0 Å². The molecule has 0 radical (unpaired) electrons. The number of aromatic nitrogens is 3. The molecule has 0 amide bonds. The van der Waals surface area contributed by atoms with Crippen molar-refractivity contribution in [2.24, 2.45) is 7.05 Å². The molecule has 0 fully saturated rings. The van der Waals surface area contributed by atoms with Gasteiger partial charge >= 0.3 is 15.6 Å². The van der Waals surface area contributed by atoms with Crippen LogP contribution in [0.25, 0.3) is 177 Å². The van der Waals surface area contributed by atoms with Gasteiger partial charge in [-0.05, 0) is 220 Å². The summed E-state index contributed by atoms with van der Waals surface area (Å²) in [6.45, 7) is 0. The minimum absolute atomic E-state index is 0. The summed E-state index contributed by atoms with van der Waals surface area (Å²) in [4.78, 5) is 9.40. The van der Waals surface area contributed by atoms with Crippen LogP contribution in [0.15, 0.2) is 389 Å². The Morgan fingerprint density at radius 1 is 0.265 bits per heavy atom. The van der Waals surface area contributed by atoms with Gasteiger partial charge in [0, 0.05) is 57.0 Å². The van der Waals surface area contributed by atoms with Crippen LogP contribution < -0.4 is 61.1 Å². The number of hydrogen-bond donors (Lipinski definition) is 0. The van der Waals surface area contributed by atoms with Gasteiger partial charge in [-0.15, -0.1) is 0 Å². The van der Waals surface area contributed by atoms with Gasteiger partial charge in [0.15, 0.2) is 40.7 Å². The molecule has 19 heteroatoms. The summed E-state index contributed by atoms with van der Waals surface area (Å²) in [5, 5.41) is 3.00. The number of hydrogen-bond acceptors (Lipinski definition) is 11. The maximum atomic E-state index is 14.1. The molecule has 3 heterocycles. The third-order valence-electron chi connectivity index (χ3n) is 23.0. The molecule has 0 aliphatic heterocycles. The first-order valence-electron chi connectivity index (χ1n) is 41.9. The summed E-state index contributed by atoms with van der Waals surface area (Å²) < 4.78 is 131. The van der Waals surface area contributed by atoms with E-state index in [9.17, 15) is 30.4 Å². The van der Waals surface area contributed by atoms with Crippen molar-refractivity contribution in [3.05, 3.63) is 400 Å². The van der Waals surface area contributed by atoms with Crippen LogP contribution in [0.1, 0.15) is 0 Å². The Bertz CT molecular complexity index is 7550. The van der Waals surface area contributed by atoms with E-state index in [0.29, 0.717) is 39.6 Å². The highest BCUT2D eigenvalue weighted by molar-refractivity contribution is 7.88. The van der Waals surface area contributed by atoms with Crippen molar-refractivity contribution >= 4 is 42.8 Å². The van der Waals surface area contributed by atoms with Crippen molar-refractivity contribution in [1.82, 2.24) is 9.97 Å². The number of rotatable bonds is 21. The van der Waals surface area contributed by atoms with Crippen LogP contribution in [0.5, 0.6) is 40.2 Å². The molecule has 0 aliphatic rings. The second-order valence-corrected chi connectivity index (χ2v) is 32.5. The topological polar surface area (TPSA) is 128 Å². The summed E-state index contributed by atoms with van der Waals surface area (Å²) in [6, 6.07) is 121. The first-order chi connectivity index (χ1) is 63.7. The average molecular weight is 1880 g/mol. The fraction of sp³-hybridized carbons (Fsp3) is 0.0708. The van der Waals surface area contributed by atoms with Crippen LogP contribution in [0, 0.1) is 11.6 Å². The van der Waals surface area contributed by atoms with Crippen LogP contribution in [-0.2, 0) is 17.2 Å². The number of alkyl halides is 3. The third kappa shape index (κ3) is 19.4. The first-order valence-corrected chi connectivity index (χ1v) is 43.4. The van der Waals surface area contributed by atoms with Gasteiger partial charge < -0.3 is 56.6 Å². The van der Waals surface area contributed by atoms with Crippen molar-refractivity contribution in [1.29, 1.82) is 0 Å². The Morgan fingerprint density at radius 2 is 0.576 bits per heavy atom. The quantitative estimate of drug-likeness (QED) is 0.0224. The number of nitrogens with zero attached hydrogens (tertiary/aromatic N) is 3. The fourth-order valence-electron chi connectivity index (χ4n) is 16.5. The van der Waals surface area contributed by atoms with Crippen molar-refractivity contribution in [2.75, 3.05) is 42.7 Å². The summed E-state index contributed by atoms with van der Waals surface area (Å²) in [5.74, 6) is 1.01. The van der Waals surface area contributed by atoms with Gasteiger partial charge in [-0.1, -0.05) is 261 Å². The standard InChI is InChI=1S/C42H33FNO2.C41H30FNO2.C30H22F3NO5S.HI/c1-44-27-35(25-39-37(16-9-17-40(39)44)30-20-18-29(19-21-30)28-10-5-4-6-11-28)34-24-38(42(46-3)41(26-34)45-2)33-14-7-12-31(22-33)32-13-8-15-36(43)23-32;1-44-40-25-33(23-37(41(40)45-2)32-13-6-11-30(21-32)31-12-7-14-35(42)22-31)34-24-38-36(15-8-16-39(38)43-26-34)29-19-17-28(18-20-29)27-9-4-3-5-10-27;1-37-27-16-22(17-28(29(27)38-2)39-40(35,36)30(31,32)33)23-15-25-24(9-6-10-26(25)34-18-23)21-13-11-20(12-14-21)19-7-4-3-5-8-19;/h4-27H,1-3H3;3-26H,1-2H3;3-18H,1-2H3;1H/q+1;;;/p-1. The minimum atomic E-state index is -5.96. The molecule has 0 aliphatic carbocycles. The van der Waals surface area contributed by atoms with E-state index in [0.717, 1.165) is 152 Å². The second kappa shape index (κ2) is 39.7. The van der Waals surface area contributed by atoms with Gasteiger partial charge in [-0.25, -0.2) is 13.3 Å². The Kier molecular flexibility index (Phi) is 27.1. The van der Waals surface area contributed by atoms with Crippen LogP contribution in [0.4, 0.5) is 22.0 Å². The normalized spacial score (nSPS) is 11.2. The lowest BCUT2D eigenvalue weighted by Crippen LogP contribution is -3.00. The number of ether oxygens (including phenoxy) is 6. The molecule has 0 spiro atoms. The van der Waals surface area contributed by atoms with Crippen LogP contribution in [0.3, 0.4) is 0 Å². The van der Waals surface area contributed by atoms with Gasteiger partial charge in [0.1, 0.15) is 18.7 Å². The Labute approximate surface area is 779 Å². The molecule has 0 saturated heterocycles. The molecule has 0 saturated carbocycles. The summed E-state index contributed by atoms with van der Waals surface area (Å²) >= 11 is 0. The zero-order valence-electron chi connectivity index (χ0n) is 72.6. The van der Waals surface area contributed by atoms with E-state index in [1.807, 2.05) is 170 Å². The van der Waals surface area contributed by atoms with Gasteiger partial charge in [-0.2, -0.15) is 21.6 Å². The van der Waals surface area contributed by atoms with E-state index in [4.69, 9.17) is 33.4 Å². The molecule has 132 heavy (non-hydrogen) atoms. The molecular weight excluding hydrogens is 1800 g/mol. The van der Waals surface area contributed by atoms with E-state index in [1.165, 1.54) is 53.8 Å². The molecule has 3 aromatic heterocycles. The maximum absolute atomic E-state index is 14.1. The molecule has 16 aromatic carbocycles. The van der Waals surface area contributed by atoms with Gasteiger partial charge in [0.25, 0.3) is 0 Å². The van der Waals surface area contributed by atoms with E-state index in [1.54, 1.807) is 52.7 Å². The molecular formula is C113H85F5IN3O9S. The SMILES string of the molecule is COc1cc(-c2cc3c(-c4ccc(-c5ccccc5)cc4)cccc3[n+](C)c2)cc(-c2cccc(-c3cccc(F)c3)c2)c1OC.COc1cc(-c2cnc3cccc(-c4ccc(-c5ccccc5)cc4)c3c2)cc(-c2cccc(-c3cccc(F)c3)c2)c1OC.COc1cc(-c2cnc3cccc(-c4ccc(-c5ccccc5)cc4)c3c2)cc(OS(=O)(=O)C(F)(F)F)c1OC.[I-]. The molecule has 0 unspecified atom stereocenters. The van der Waals surface area contributed by atoms with Crippen LogP contribution in [0.2, 0.25) is 0 Å². The number of pyridine rings is 3. The average Bonchev–Trinajstić information content (AvgIpc) is 0.761. The number of benzene rings is 16. The van der Waals surface area contributed by atoms with Gasteiger partial charge in [-0.3, -0.25) is 9.97 Å². The number of methoxy groups -OCH3 is 6. The van der Waals surface area contributed by atoms with Gasteiger partial charge in [0.05, 0.1) is 59.1 Å². The molecule has 19 aromatic rings. The maximum Gasteiger partial charge on any atom is 0.534 e. The lowest BCUT2D eigenvalue weighted by atomic mass is 9.93. The predicted molar refractivity (Wildman–Crippen MR) is 514 cm³/mol. The summed E-state index contributed by atoms with van der Waals surface area (Å²) in [5.41, 5.74) is 22.3. The van der Waals surface area contributed by atoms with E-state index < -0.39 is 21.4 Å². The Balaban J connectivity index is 0.000000144. The van der Waals surface area contributed by atoms with Crippen molar-refractivity contribution in [3.63, 3.8) is 0 Å². The Morgan fingerprint density at radius 3 is 0.962 bits per heavy atom. The molecule has 0 N–H and O–H groups in total. The zero-order chi connectivity index (χ0) is 90.9. The van der Waals surface area contributed by atoms with E-state index >= 15 is 0 Å². The van der Waals surface area contributed by atoms with Crippen molar-refractivity contribution in [3.8, 4) is 185 Å². The lowest BCUT2D eigenvalue weighted by Gasteiger charge is -2.17. The molecule has 19 rings (SSSR count). The summed E-state index contributed by atoms with van der Waals surface area (Å²) in [7, 11) is 5.16. The minimum Gasteiger partial charge on any atom is -1.00 e. The third-order valence-corrected chi connectivity index (χ3v) is 24.0. The number of halogens is 6. The fourth-order valence-corrected chi connectivity index (χ4v) is 17.0. The summed E-state index contributed by atoms with van der Waals surface area (Å²) in [6.07, 6.45) is 5.59. The largest absolute Gasteiger partial charge is 1.00 e. The zero-order valence-corrected chi connectivity index (χ0v) is 75.6. The smallest absolute Gasteiger partial charge is 0.534 e. The second-order valence-electron chi connectivity index (χ2n) is 31.0. The monoisotopic (exact) mass is 1880 g/mol. The highest BCUT2D eigenvalue weighted by Crippen LogP contribution is 2.49. The highest BCUT2D eigenvalue weighted by atomic mass is 127. The van der Waals surface area contributed by atoms with E-state index in [2.05, 4.69) is 185 Å². The number of fused-ring (bicyclic) bond motifs is 3. The molecule has 0 bridgehead atoms.